The van der Waals surface area contributed by atoms with Gasteiger partial charge >= 0.3 is 5.97 Å². The minimum atomic E-state index is -0.755. The highest BCUT2D eigenvalue weighted by Gasteiger charge is 2.33. The van der Waals surface area contributed by atoms with Gasteiger partial charge in [-0.2, -0.15) is 0 Å². The third kappa shape index (κ3) is 1.40. The van der Waals surface area contributed by atoms with Gasteiger partial charge in [0.25, 0.3) is 0 Å². The summed E-state index contributed by atoms with van der Waals surface area (Å²) in [5.74, 6) is 0.182. The number of hydrogen-bond acceptors (Lipinski definition) is 3. The first-order valence-electron chi connectivity index (χ1n) is 5.34. The number of nitrogens with zero attached hydrogens (tertiary/aromatic N) is 2. The van der Waals surface area contributed by atoms with Crippen molar-refractivity contribution in [3.05, 3.63) is 23.3 Å². The lowest BCUT2D eigenvalue weighted by atomic mass is 10.1. The number of rotatable bonds is 2. The molecule has 0 aromatic carbocycles. The van der Waals surface area contributed by atoms with E-state index >= 15 is 0 Å². The molecule has 15 heavy (non-hydrogen) atoms. The van der Waals surface area contributed by atoms with Gasteiger partial charge in [0.2, 0.25) is 0 Å². The molecule has 2 aliphatic rings. The van der Waals surface area contributed by atoms with Crippen molar-refractivity contribution < 1.29 is 9.90 Å². The topological polar surface area (TPSA) is 63.1 Å². The fraction of sp³-hybridized carbons (Fsp3) is 0.545. The van der Waals surface area contributed by atoms with Crippen LogP contribution >= 0.6 is 0 Å². The Morgan fingerprint density at radius 2 is 2.20 bits per heavy atom. The van der Waals surface area contributed by atoms with Crippen LogP contribution in [0.1, 0.15) is 48.2 Å². The maximum absolute atomic E-state index is 11.0. The molecule has 4 heteroatoms. The van der Waals surface area contributed by atoms with Crippen molar-refractivity contribution in [2.75, 3.05) is 0 Å². The van der Waals surface area contributed by atoms with E-state index in [0.29, 0.717) is 12.3 Å². The Kier molecular flexibility index (Phi) is 1.78. The highest BCUT2D eigenvalue weighted by atomic mass is 16.4. The van der Waals surface area contributed by atoms with E-state index in [1.54, 1.807) is 0 Å². The predicted molar refractivity (Wildman–Crippen MR) is 52.7 cm³/mol. The van der Waals surface area contributed by atoms with Gasteiger partial charge in [0.15, 0.2) is 0 Å². The number of aryl methyl sites for hydroxylation is 1. The van der Waals surface area contributed by atoms with Crippen molar-refractivity contribution in [1.82, 2.24) is 9.97 Å². The largest absolute Gasteiger partial charge is 0.481 e. The van der Waals surface area contributed by atoms with Crippen molar-refractivity contribution in [3.8, 4) is 0 Å². The maximum atomic E-state index is 11.0. The molecule has 0 bridgehead atoms. The highest BCUT2D eigenvalue weighted by molar-refractivity contribution is 5.76. The van der Waals surface area contributed by atoms with Crippen LogP contribution in [0.3, 0.4) is 0 Å². The van der Waals surface area contributed by atoms with Crippen LogP contribution in [0.4, 0.5) is 0 Å². The summed E-state index contributed by atoms with van der Waals surface area (Å²) in [6.45, 7) is 0. The smallest absolute Gasteiger partial charge is 0.312 e. The molecule has 1 saturated carbocycles. The van der Waals surface area contributed by atoms with Crippen molar-refractivity contribution in [3.63, 3.8) is 0 Å². The van der Waals surface area contributed by atoms with E-state index in [-0.39, 0.29) is 0 Å². The lowest BCUT2D eigenvalue weighted by Crippen LogP contribution is -2.10. The van der Waals surface area contributed by atoms with Crippen LogP contribution in [0.15, 0.2) is 6.20 Å². The van der Waals surface area contributed by atoms with Crippen LogP contribution in [0.5, 0.6) is 0 Å². The average molecular weight is 204 g/mol. The molecular formula is C11H12N2O2. The number of hydrogen-bond donors (Lipinski definition) is 1. The third-order valence-electron chi connectivity index (χ3n) is 3.19. The predicted octanol–water partition coefficient (Wildman–Crippen LogP) is 1.47. The van der Waals surface area contributed by atoms with Crippen molar-refractivity contribution in [2.24, 2.45) is 0 Å². The molecule has 3 rings (SSSR count). The highest BCUT2D eigenvalue weighted by Crippen LogP contribution is 2.40. The molecule has 1 atom stereocenters. The Labute approximate surface area is 87.4 Å². The second-order valence-corrected chi connectivity index (χ2v) is 4.34. The zero-order chi connectivity index (χ0) is 10.4. The fourth-order valence-corrected chi connectivity index (χ4v) is 2.14. The Morgan fingerprint density at radius 1 is 1.40 bits per heavy atom. The lowest BCUT2D eigenvalue weighted by Gasteiger charge is -2.05. The molecular weight excluding hydrogens is 192 g/mol. The van der Waals surface area contributed by atoms with Crippen LogP contribution in [0, 0.1) is 0 Å². The lowest BCUT2D eigenvalue weighted by molar-refractivity contribution is -0.138. The molecule has 4 nitrogen and oxygen atoms in total. The molecule has 78 valence electrons. The van der Waals surface area contributed by atoms with Crippen LogP contribution in [-0.2, 0) is 11.2 Å². The first-order valence-corrected chi connectivity index (χ1v) is 5.34. The standard InChI is InChI=1S/C11H12N2O2/c14-11(15)8-4-3-7-5-12-10(6-1-2-6)13-9(7)8/h5-6,8H,1-4H2,(H,14,15). The van der Waals surface area contributed by atoms with Gasteiger partial charge in [0, 0.05) is 12.1 Å². The summed E-state index contributed by atoms with van der Waals surface area (Å²) in [4.78, 5) is 19.7. The van der Waals surface area contributed by atoms with Gasteiger partial charge in [-0.1, -0.05) is 0 Å². The Bertz CT molecular complexity index is 427. The van der Waals surface area contributed by atoms with E-state index < -0.39 is 11.9 Å². The van der Waals surface area contributed by atoms with E-state index in [9.17, 15) is 4.79 Å². The summed E-state index contributed by atoms with van der Waals surface area (Å²) in [7, 11) is 0. The quantitative estimate of drug-likeness (QED) is 0.792. The summed E-state index contributed by atoms with van der Waals surface area (Å²) >= 11 is 0. The van der Waals surface area contributed by atoms with Crippen LogP contribution in [-0.4, -0.2) is 21.0 Å². The number of aromatic nitrogens is 2. The second kappa shape index (κ2) is 3.02. The monoisotopic (exact) mass is 204 g/mol. The van der Waals surface area contributed by atoms with E-state index in [4.69, 9.17) is 5.11 Å². The van der Waals surface area contributed by atoms with Gasteiger partial charge in [-0.3, -0.25) is 4.79 Å². The summed E-state index contributed by atoms with van der Waals surface area (Å²) in [5, 5.41) is 9.04. The van der Waals surface area contributed by atoms with Gasteiger partial charge in [0.05, 0.1) is 11.6 Å². The first kappa shape index (κ1) is 8.83. The van der Waals surface area contributed by atoms with E-state index in [1.807, 2.05) is 6.20 Å². The normalized spacial score (nSPS) is 23.9. The zero-order valence-electron chi connectivity index (χ0n) is 8.31. The Balaban J connectivity index is 2.01. The molecule has 1 fully saturated rings. The van der Waals surface area contributed by atoms with E-state index in [0.717, 1.165) is 36.3 Å². The van der Waals surface area contributed by atoms with Gasteiger partial charge in [0.1, 0.15) is 5.82 Å². The summed E-state index contributed by atoms with van der Waals surface area (Å²) in [6.07, 6.45) is 5.59. The molecule has 0 amide bonds. The van der Waals surface area contributed by atoms with Crippen LogP contribution in [0.25, 0.3) is 0 Å². The summed E-state index contributed by atoms with van der Waals surface area (Å²) in [6, 6.07) is 0. The fourth-order valence-electron chi connectivity index (χ4n) is 2.14. The Hall–Kier alpha value is -1.45. The Morgan fingerprint density at radius 3 is 2.87 bits per heavy atom. The number of carboxylic acid groups (broad SMARTS) is 1. The zero-order valence-corrected chi connectivity index (χ0v) is 8.31. The summed E-state index contributed by atoms with van der Waals surface area (Å²) < 4.78 is 0. The minimum Gasteiger partial charge on any atom is -0.481 e. The molecule has 1 aromatic rings. The molecule has 1 unspecified atom stereocenters. The second-order valence-electron chi connectivity index (χ2n) is 4.34. The molecule has 0 radical (unpaired) electrons. The SMILES string of the molecule is O=C(O)C1CCc2cnc(C3CC3)nc21. The summed E-state index contributed by atoms with van der Waals surface area (Å²) in [5.41, 5.74) is 1.78. The average Bonchev–Trinajstić information content (AvgIpc) is 2.97. The third-order valence-corrected chi connectivity index (χ3v) is 3.19. The maximum Gasteiger partial charge on any atom is 0.312 e. The molecule has 1 N–H and O–H groups in total. The molecule has 2 aliphatic carbocycles. The van der Waals surface area contributed by atoms with Crippen molar-refractivity contribution in [1.29, 1.82) is 0 Å². The molecule has 1 aromatic heterocycles. The molecule has 0 saturated heterocycles. The van der Waals surface area contributed by atoms with E-state index in [1.165, 1.54) is 0 Å². The van der Waals surface area contributed by atoms with Crippen LogP contribution in [0.2, 0.25) is 0 Å². The number of aliphatic carboxylic acids is 1. The molecule has 1 heterocycles. The first-order chi connectivity index (χ1) is 7.25. The van der Waals surface area contributed by atoms with Crippen LogP contribution < -0.4 is 0 Å². The van der Waals surface area contributed by atoms with Gasteiger partial charge in [-0.05, 0) is 31.2 Å². The van der Waals surface area contributed by atoms with Crippen molar-refractivity contribution >= 4 is 5.97 Å². The van der Waals surface area contributed by atoms with Crippen molar-refractivity contribution in [2.45, 2.75) is 37.5 Å². The van der Waals surface area contributed by atoms with Gasteiger partial charge < -0.3 is 5.11 Å². The molecule has 0 aliphatic heterocycles. The number of fused-ring (bicyclic) bond motifs is 1. The van der Waals surface area contributed by atoms with Gasteiger partial charge in [-0.15, -0.1) is 0 Å². The minimum absolute atomic E-state index is 0.402. The van der Waals surface area contributed by atoms with Gasteiger partial charge in [-0.25, -0.2) is 9.97 Å². The number of carbonyl (C=O) groups is 1. The molecule has 0 spiro atoms. The van der Waals surface area contributed by atoms with E-state index in [2.05, 4.69) is 9.97 Å². The number of carboxylic acids is 1.